The van der Waals surface area contributed by atoms with E-state index in [9.17, 15) is 28.8 Å². The average Bonchev–Trinajstić information content (AvgIpc) is 2.98. The van der Waals surface area contributed by atoms with Crippen LogP contribution in [0.4, 0.5) is 0 Å². The highest BCUT2D eigenvalue weighted by molar-refractivity contribution is 5.90. The van der Waals surface area contributed by atoms with E-state index in [1.165, 1.54) is 19.6 Å². The fourth-order valence-corrected chi connectivity index (χ4v) is 3.34. The third-order valence-electron chi connectivity index (χ3n) is 5.60. The Morgan fingerprint density at radius 2 is 0.625 bits per heavy atom. The van der Waals surface area contributed by atoms with Crippen LogP contribution in [0.1, 0.15) is 0 Å². The molecule has 40 heavy (non-hydrogen) atoms. The number of hydrogen-bond acceptors (Lipinski definition) is 6. The SMILES string of the molecule is C=CC(=O)NCCN(CCN(CCN(CCN(CCNC(=O)C=C)C(=O)C=C)C(=O)C=C)C(=O)C=C)C(=O)C=C. The van der Waals surface area contributed by atoms with Crippen LogP contribution in [0.5, 0.6) is 0 Å². The Bertz CT molecular complexity index is 914. The molecule has 0 spiro atoms. The molecule has 0 aromatic carbocycles. The van der Waals surface area contributed by atoms with Gasteiger partial charge in [0.2, 0.25) is 35.4 Å². The molecule has 0 aliphatic heterocycles. The molecule has 0 saturated carbocycles. The molecule has 12 nitrogen and oxygen atoms in total. The monoisotopic (exact) mass is 556 g/mol. The maximum absolute atomic E-state index is 12.5. The molecule has 218 valence electrons. The van der Waals surface area contributed by atoms with E-state index < -0.39 is 11.8 Å². The van der Waals surface area contributed by atoms with Crippen LogP contribution in [0.2, 0.25) is 0 Å². The first-order valence-electron chi connectivity index (χ1n) is 12.5. The standard InChI is InChI=1S/C28H40N6O6/c1-7-23(35)29-13-15-31(25(37)9-3)17-19-33(27(39)11-5)21-22-34(28(40)12-6)20-18-32(26(38)10-4)16-14-30-24(36)8-2/h7-12H,1-6,13-22H2,(H,29,35)(H,30,36). The fraction of sp³-hybridized carbons (Fsp3) is 0.357. The summed E-state index contributed by atoms with van der Waals surface area (Å²) in [5.41, 5.74) is 0. The van der Waals surface area contributed by atoms with E-state index in [2.05, 4.69) is 50.1 Å². The summed E-state index contributed by atoms with van der Waals surface area (Å²) in [5, 5.41) is 5.17. The zero-order valence-electron chi connectivity index (χ0n) is 23.0. The molecule has 0 aliphatic carbocycles. The summed E-state index contributed by atoms with van der Waals surface area (Å²) < 4.78 is 0. The van der Waals surface area contributed by atoms with E-state index in [0.29, 0.717) is 0 Å². The lowest BCUT2D eigenvalue weighted by Gasteiger charge is -2.30. The summed E-state index contributed by atoms with van der Waals surface area (Å²) in [5.74, 6) is -2.32. The van der Waals surface area contributed by atoms with Crippen molar-refractivity contribution in [3.63, 3.8) is 0 Å². The highest BCUT2D eigenvalue weighted by Gasteiger charge is 2.19. The molecule has 2 N–H and O–H groups in total. The van der Waals surface area contributed by atoms with E-state index in [1.807, 2.05) is 0 Å². The van der Waals surface area contributed by atoms with Crippen LogP contribution in [0.15, 0.2) is 75.9 Å². The van der Waals surface area contributed by atoms with Crippen molar-refractivity contribution in [3.05, 3.63) is 75.9 Å². The lowest BCUT2D eigenvalue weighted by molar-refractivity contribution is -0.132. The van der Waals surface area contributed by atoms with Crippen molar-refractivity contribution in [2.24, 2.45) is 0 Å². The summed E-state index contributed by atoms with van der Waals surface area (Å²) in [6.07, 6.45) is 6.77. The van der Waals surface area contributed by atoms with Gasteiger partial charge in [0, 0.05) is 65.4 Å². The van der Waals surface area contributed by atoms with Gasteiger partial charge in [-0.25, -0.2) is 0 Å². The minimum Gasteiger partial charge on any atom is -0.351 e. The van der Waals surface area contributed by atoms with Gasteiger partial charge in [-0.15, -0.1) is 0 Å². The van der Waals surface area contributed by atoms with E-state index in [4.69, 9.17) is 0 Å². The van der Waals surface area contributed by atoms with Gasteiger partial charge in [-0.3, -0.25) is 28.8 Å². The van der Waals surface area contributed by atoms with Crippen molar-refractivity contribution in [1.29, 1.82) is 0 Å². The zero-order chi connectivity index (χ0) is 30.5. The minimum atomic E-state index is -0.404. The number of carbonyl (C=O) groups excluding carboxylic acids is 6. The second-order valence-electron chi connectivity index (χ2n) is 8.11. The molecule has 0 aromatic rings. The summed E-state index contributed by atoms with van der Waals surface area (Å²) in [6.45, 7) is 22.2. The topological polar surface area (TPSA) is 139 Å². The van der Waals surface area contributed by atoms with Crippen molar-refractivity contribution in [2.75, 3.05) is 65.4 Å². The third kappa shape index (κ3) is 13.7. The summed E-state index contributed by atoms with van der Waals surface area (Å²) >= 11 is 0. The van der Waals surface area contributed by atoms with Crippen molar-refractivity contribution in [2.45, 2.75) is 0 Å². The van der Waals surface area contributed by atoms with Crippen LogP contribution < -0.4 is 10.6 Å². The summed E-state index contributed by atoms with van der Waals surface area (Å²) in [7, 11) is 0. The Kier molecular flexibility index (Phi) is 17.9. The molecular formula is C28H40N6O6. The number of amides is 6. The maximum atomic E-state index is 12.5. The van der Waals surface area contributed by atoms with Gasteiger partial charge in [-0.2, -0.15) is 0 Å². The number of carbonyl (C=O) groups is 6. The number of hydrogen-bond donors (Lipinski definition) is 2. The summed E-state index contributed by atoms with van der Waals surface area (Å²) in [4.78, 5) is 78.1. The molecular weight excluding hydrogens is 516 g/mol. The quantitative estimate of drug-likeness (QED) is 0.185. The number of rotatable bonds is 21. The van der Waals surface area contributed by atoms with Gasteiger partial charge in [-0.05, 0) is 36.5 Å². The van der Waals surface area contributed by atoms with Gasteiger partial charge in [0.15, 0.2) is 0 Å². The Morgan fingerprint density at radius 3 is 0.825 bits per heavy atom. The molecule has 0 rings (SSSR count). The molecule has 0 aliphatic rings. The van der Waals surface area contributed by atoms with Gasteiger partial charge in [0.25, 0.3) is 0 Å². The van der Waals surface area contributed by atoms with Gasteiger partial charge < -0.3 is 30.2 Å². The predicted octanol–water partition coefficient (Wildman–Crippen LogP) is -0.351. The molecule has 12 heteroatoms. The second kappa shape index (κ2) is 20.3. The summed E-state index contributed by atoms with van der Waals surface area (Å²) in [6, 6.07) is 0. The lowest BCUT2D eigenvalue weighted by Crippen LogP contribution is -2.47. The highest BCUT2D eigenvalue weighted by atomic mass is 16.2. The Labute approximate surface area is 236 Å². The largest absolute Gasteiger partial charge is 0.351 e. The molecule has 0 aromatic heterocycles. The third-order valence-corrected chi connectivity index (χ3v) is 5.60. The molecule has 0 heterocycles. The Morgan fingerprint density at radius 1 is 0.400 bits per heavy atom. The normalized spacial score (nSPS) is 9.70. The van der Waals surface area contributed by atoms with Gasteiger partial charge in [0.05, 0.1) is 0 Å². The van der Waals surface area contributed by atoms with Gasteiger partial charge in [0.1, 0.15) is 0 Å². The Hall–Kier alpha value is -4.74. The maximum Gasteiger partial charge on any atom is 0.246 e. The smallest absolute Gasteiger partial charge is 0.246 e. The van der Waals surface area contributed by atoms with Crippen molar-refractivity contribution in [1.82, 2.24) is 30.2 Å². The van der Waals surface area contributed by atoms with Crippen molar-refractivity contribution >= 4 is 35.4 Å². The minimum absolute atomic E-state index is 0.110. The zero-order valence-corrected chi connectivity index (χ0v) is 23.0. The first-order valence-corrected chi connectivity index (χ1v) is 12.5. The van der Waals surface area contributed by atoms with Crippen LogP contribution in [0.3, 0.4) is 0 Å². The average molecular weight is 557 g/mol. The molecule has 0 saturated heterocycles. The van der Waals surface area contributed by atoms with Crippen LogP contribution in [-0.2, 0) is 28.8 Å². The first-order chi connectivity index (χ1) is 19.1. The van der Waals surface area contributed by atoms with E-state index in [1.54, 1.807) is 0 Å². The molecule has 0 radical (unpaired) electrons. The number of nitrogens with zero attached hydrogens (tertiary/aromatic N) is 4. The first kappa shape index (κ1) is 35.3. The molecule has 0 bridgehead atoms. The molecule has 0 unspecified atom stereocenters. The lowest BCUT2D eigenvalue weighted by atomic mass is 10.3. The Balaban J connectivity index is 5.37. The van der Waals surface area contributed by atoms with Crippen LogP contribution in [-0.4, -0.2) is 120 Å². The van der Waals surface area contributed by atoms with Crippen molar-refractivity contribution in [3.8, 4) is 0 Å². The second-order valence-corrected chi connectivity index (χ2v) is 8.11. The molecule has 0 atom stereocenters. The van der Waals surface area contributed by atoms with E-state index >= 15 is 0 Å². The van der Waals surface area contributed by atoms with Crippen LogP contribution >= 0.6 is 0 Å². The van der Waals surface area contributed by atoms with Gasteiger partial charge in [-0.1, -0.05) is 39.5 Å². The fourth-order valence-electron chi connectivity index (χ4n) is 3.34. The molecule has 0 fully saturated rings. The van der Waals surface area contributed by atoms with E-state index in [-0.39, 0.29) is 89.1 Å². The molecule has 6 amide bonds. The van der Waals surface area contributed by atoms with Crippen LogP contribution in [0.25, 0.3) is 0 Å². The van der Waals surface area contributed by atoms with Crippen molar-refractivity contribution < 1.29 is 28.8 Å². The number of nitrogens with one attached hydrogen (secondary N) is 2. The van der Waals surface area contributed by atoms with Gasteiger partial charge >= 0.3 is 0 Å². The van der Waals surface area contributed by atoms with E-state index in [0.717, 1.165) is 36.5 Å². The van der Waals surface area contributed by atoms with Crippen LogP contribution in [0, 0.1) is 0 Å². The highest BCUT2D eigenvalue weighted by Crippen LogP contribution is 2.01. The predicted molar refractivity (Wildman–Crippen MR) is 154 cm³/mol.